The van der Waals surface area contributed by atoms with Crippen molar-refractivity contribution in [1.29, 1.82) is 0 Å². The molecule has 0 saturated carbocycles. The van der Waals surface area contributed by atoms with Gasteiger partial charge in [-0.2, -0.15) is 8.78 Å². The molecule has 1 aliphatic rings. The number of benzene rings is 1. The second-order valence-corrected chi connectivity index (χ2v) is 6.76. The maximum Gasteiger partial charge on any atom is 0.387 e. The Morgan fingerprint density at radius 3 is 2.57 bits per heavy atom. The molecule has 1 heterocycles. The van der Waals surface area contributed by atoms with Gasteiger partial charge in [-0.1, -0.05) is 12.1 Å². The minimum absolute atomic E-state index is 0.0284. The minimum atomic E-state index is -2.94. The number of hydrogen-bond donors (Lipinski definition) is 2. The fourth-order valence-electron chi connectivity index (χ4n) is 3.21. The Kier molecular flexibility index (Phi) is 9.59. The second-order valence-electron chi connectivity index (χ2n) is 6.76. The van der Waals surface area contributed by atoms with Gasteiger partial charge in [-0.3, -0.25) is 14.7 Å². The molecular formula is C20H31F2N5O3. The molecular weight excluding hydrogens is 396 g/mol. The summed E-state index contributed by atoms with van der Waals surface area (Å²) in [7, 11) is 1.65. The first-order valence-corrected chi connectivity index (χ1v) is 10.1. The van der Waals surface area contributed by atoms with Gasteiger partial charge in [0, 0.05) is 65.3 Å². The van der Waals surface area contributed by atoms with Crippen molar-refractivity contribution in [3.63, 3.8) is 0 Å². The second kappa shape index (κ2) is 12.2. The highest BCUT2D eigenvalue weighted by atomic mass is 19.3. The lowest BCUT2D eigenvalue weighted by molar-refractivity contribution is -0.130. The van der Waals surface area contributed by atoms with E-state index < -0.39 is 6.61 Å². The molecule has 30 heavy (non-hydrogen) atoms. The maximum absolute atomic E-state index is 12.8. The van der Waals surface area contributed by atoms with Crippen LogP contribution in [-0.2, 0) is 11.3 Å². The van der Waals surface area contributed by atoms with Crippen LogP contribution in [0.25, 0.3) is 0 Å². The predicted octanol–water partition coefficient (Wildman–Crippen LogP) is 1.52. The third kappa shape index (κ3) is 7.33. The first kappa shape index (κ1) is 23.7. The van der Waals surface area contributed by atoms with Crippen molar-refractivity contribution >= 4 is 11.9 Å². The van der Waals surface area contributed by atoms with Gasteiger partial charge in [-0.15, -0.1) is 0 Å². The van der Waals surface area contributed by atoms with Crippen LogP contribution < -0.4 is 20.1 Å². The molecule has 1 aliphatic heterocycles. The number of aliphatic imine (C=N–C) groups is 1. The van der Waals surface area contributed by atoms with E-state index in [0.29, 0.717) is 24.7 Å². The number of nitrogens with zero attached hydrogens (tertiary/aromatic N) is 3. The van der Waals surface area contributed by atoms with E-state index >= 15 is 0 Å². The summed E-state index contributed by atoms with van der Waals surface area (Å²) in [6.45, 7) is 5.67. The summed E-state index contributed by atoms with van der Waals surface area (Å²) in [6.07, 6.45) is 0. The van der Waals surface area contributed by atoms with Gasteiger partial charge in [-0.05, 0) is 13.0 Å². The zero-order chi connectivity index (χ0) is 21.9. The number of nitrogens with one attached hydrogen (secondary N) is 2. The monoisotopic (exact) mass is 427 g/mol. The van der Waals surface area contributed by atoms with E-state index in [4.69, 9.17) is 4.74 Å². The highest BCUT2D eigenvalue weighted by Gasteiger charge is 2.18. The predicted molar refractivity (Wildman–Crippen MR) is 111 cm³/mol. The molecule has 0 atom stereocenters. The SMILES string of the molecule is CCOc1cccc(CNC(=NC)NCCN2CCN(C(C)=O)CC2)c1OC(F)F. The molecule has 1 aromatic rings. The number of hydrogen-bond acceptors (Lipinski definition) is 5. The molecule has 2 N–H and O–H groups in total. The number of piperazine rings is 1. The zero-order valence-electron chi connectivity index (χ0n) is 17.8. The quantitative estimate of drug-likeness (QED) is 0.460. The molecule has 8 nitrogen and oxygen atoms in total. The molecule has 0 aliphatic carbocycles. The number of rotatable bonds is 9. The van der Waals surface area contributed by atoms with E-state index in [1.807, 2.05) is 4.90 Å². The van der Waals surface area contributed by atoms with Gasteiger partial charge in [0.25, 0.3) is 0 Å². The van der Waals surface area contributed by atoms with Crippen LogP contribution in [0.3, 0.4) is 0 Å². The standard InChI is InChI=1S/C20H31F2N5O3/c1-4-29-17-7-5-6-16(18(17)30-19(21)22)14-25-20(23-3)24-8-9-26-10-12-27(13-11-26)15(2)28/h5-7,19H,4,8-14H2,1-3H3,(H2,23,24,25). The third-order valence-electron chi connectivity index (χ3n) is 4.78. The van der Waals surface area contributed by atoms with Gasteiger partial charge < -0.3 is 25.0 Å². The van der Waals surface area contributed by atoms with Crippen LogP contribution in [0.4, 0.5) is 8.78 Å². The average molecular weight is 427 g/mol. The third-order valence-corrected chi connectivity index (χ3v) is 4.78. The van der Waals surface area contributed by atoms with Gasteiger partial charge in [0.15, 0.2) is 17.5 Å². The van der Waals surface area contributed by atoms with E-state index in [0.717, 1.165) is 32.7 Å². The van der Waals surface area contributed by atoms with Crippen LogP contribution in [0.1, 0.15) is 19.4 Å². The molecule has 1 amide bonds. The topological polar surface area (TPSA) is 78.4 Å². The number of carbonyl (C=O) groups is 1. The lowest BCUT2D eigenvalue weighted by atomic mass is 10.2. The highest BCUT2D eigenvalue weighted by Crippen LogP contribution is 2.32. The van der Waals surface area contributed by atoms with Crippen molar-refractivity contribution in [3.8, 4) is 11.5 Å². The number of guanidine groups is 1. The van der Waals surface area contributed by atoms with Crippen LogP contribution >= 0.6 is 0 Å². The molecule has 2 rings (SSSR count). The Labute approximate surface area is 176 Å². The summed E-state index contributed by atoms with van der Waals surface area (Å²) in [5, 5.41) is 6.33. The van der Waals surface area contributed by atoms with Gasteiger partial charge in [0.2, 0.25) is 5.91 Å². The summed E-state index contributed by atoms with van der Waals surface area (Å²) < 4.78 is 35.8. The number of para-hydroxylation sites is 1. The zero-order valence-corrected chi connectivity index (χ0v) is 17.8. The van der Waals surface area contributed by atoms with Crippen LogP contribution in [0, 0.1) is 0 Å². The van der Waals surface area contributed by atoms with Gasteiger partial charge >= 0.3 is 6.61 Å². The number of halogens is 2. The molecule has 1 fully saturated rings. The van der Waals surface area contributed by atoms with Crippen molar-refractivity contribution < 1.29 is 23.0 Å². The smallest absolute Gasteiger partial charge is 0.387 e. The summed E-state index contributed by atoms with van der Waals surface area (Å²) in [5.74, 6) is 0.980. The first-order valence-electron chi connectivity index (χ1n) is 10.1. The van der Waals surface area contributed by atoms with Crippen molar-refractivity contribution in [2.45, 2.75) is 27.0 Å². The van der Waals surface area contributed by atoms with E-state index in [1.165, 1.54) is 0 Å². The lowest BCUT2D eigenvalue weighted by Crippen LogP contribution is -2.50. The van der Waals surface area contributed by atoms with E-state index in [2.05, 4.69) is 25.3 Å². The van der Waals surface area contributed by atoms with Crippen molar-refractivity contribution in [1.82, 2.24) is 20.4 Å². The fraction of sp³-hybridized carbons (Fsp3) is 0.600. The highest BCUT2D eigenvalue weighted by molar-refractivity contribution is 5.79. The molecule has 168 valence electrons. The largest absolute Gasteiger partial charge is 0.490 e. The molecule has 0 spiro atoms. The molecule has 0 aromatic heterocycles. The average Bonchev–Trinajstić information content (AvgIpc) is 2.72. The minimum Gasteiger partial charge on any atom is -0.490 e. The van der Waals surface area contributed by atoms with Gasteiger partial charge in [-0.25, -0.2) is 0 Å². The van der Waals surface area contributed by atoms with Crippen molar-refractivity contribution in [3.05, 3.63) is 23.8 Å². The number of amides is 1. The normalized spacial score (nSPS) is 15.3. The first-order chi connectivity index (χ1) is 14.4. The van der Waals surface area contributed by atoms with Crippen LogP contribution in [0.2, 0.25) is 0 Å². The van der Waals surface area contributed by atoms with Crippen molar-refractivity contribution in [2.24, 2.45) is 4.99 Å². The summed E-state index contributed by atoms with van der Waals surface area (Å²) in [4.78, 5) is 19.7. The molecule has 0 unspecified atom stereocenters. The lowest BCUT2D eigenvalue weighted by Gasteiger charge is -2.34. The Balaban J connectivity index is 1.84. The van der Waals surface area contributed by atoms with Crippen LogP contribution in [0.15, 0.2) is 23.2 Å². The number of carbonyl (C=O) groups excluding carboxylic acids is 1. The number of alkyl halides is 2. The van der Waals surface area contributed by atoms with Gasteiger partial charge in [0.1, 0.15) is 0 Å². The Hall–Kier alpha value is -2.62. The van der Waals surface area contributed by atoms with E-state index in [1.54, 1.807) is 39.1 Å². The van der Waals surface area contributed by atoms with E-state index in [9.17, 15) is 13.6 Å². The fourth-order valence-corrected chi connectivity index (χ4v) is 3.21. The molecule has 1 aromatic carbocycles. The maximum atomic E-state index is 12.8. The summed E-state index contributed by atoms with van der Waals surface area (Å²) in [5.41, 5.74) is 0.546. The van der Waals surface area contributed by atoms with Crippen LogP contribution in [-0.4, -0.2) is 81.2 Å². The molecule has 0 bridgehead atoms. The number of ether oxygens (including phenoxy) is 2. The van der Waals surface area contributed by atoms with E-state index in [-0.39, 0.29) is 24.0 Å². The summed E-state index contributed by atoms with van der Waals surface area (Å²) in [6, 6.07) is 5.04. The molecule has 1 saturated heterocycles. The van der Waals surface area contributed by atoms with Crippen LogP contribution in [0.5, 0.6) is 11.5 Å². The van der Waals surface area contributed by atoms with Crippen molar-refractivity contribution in [2.75, 3.05) is 52.9 Å². The Morgan fingerprint density at radius 2 is 1.97 bits per heavy atom. The molecule has 0 radical (unpaired) electrons. The van der Waals surface area contributed by atoms with Gasteiger partial charge in [0.05, 0.1) is 6.61 Å². The molecule has 10 heteroatoms. The summed E-state index contributed by atoms with van der Waals surface area (Å²) >= 11 is 0. The Morgan fingerprint density at radius 1 is 1.23 bits per heavy atom. The Bertz CT molecular complexity index is 710.